The van der Waals surface area contributed by atoms with Gasteiger partial charge in [0, 0.05) is 0 Å². The summed E-state index contributed by atoms with van der Waals surface area (Å²) in [6.45, 7) is 10.2. The summed E-state index contributed by atoms with van der Waals surface area (Å²) in [5.41, 5.74) is 5.80. The van der Waals surface area contributed by atoms with Crippen molar-refractivity contribution in [1.82, 2.24) is 5.32 Å². The van der Waals surface area contributed by atoms with E-state index in [2.05, 4.69) is 11.9 Å². The zero-order chi connectivity index (χ0) is 13.1. The molecule has 0 aliphatic heterocycles. The molecular weight excluding hydrogens is 216 g/mol. The summed E-state index contributed by atoms with van der Waals surface area (Å²) >= 11 is 0. The maximum absolute atomic E-state index is 11.8. The average Bonchev–Trinajstić information content (AvgIpc) is 2.08. The molecule has 0 bridgehead atoms. The van der Waals surface area contributed by atoms with Crippen LogP contribution in [-0.4, -0.2) is 23.8 Å². The molecule has 0 heterocycles. The standard InChI is InChI=1S/C13H24N2O2/c1-10(6-9-14)13(7-5-8-13)15-11(16)17-12(2,3)4/h1,5-9,14H2,2-4H3,(H,15,16). The van der Waals surface area contributed by atoms with E-state index >= 15 is 0 Å². The lowest BCUT2D eigenvalue weighted by molar-refractivity contribution is 0.0419. The van der Waals surface area contributed by atoms with Crippen LogP contribution >= 0.6 is 0 Å². The average molecular weight is 240 g/mol. The second kappa shape index (κ2) is 5.08. The molecule has 0 aromatic rings. The first kappa shape index (κ1) is 14.0. The summed E-state index contributed by atoms with van der Waals surface area (Å²) in [5.74, 6) is 0. The molecule has 1 aliphatic rings. The molecule has 4 heteroatoms. The molecule has 0 aromatic carbocycles. The fourth-order valence-electron chi connectivity index (χ4n) is 2.01. The van der Waals surface area contributed by atoms with Crippen molar-refractivity contribution in [1.29, 1.82) is 0 Å². The Morgan fingerprint density at radius 3 is 2.41 bits per heavy atom. The molecule has 0 saturated heterocycles. The quantitative estimate of drug-likeness (QED) is 0.741. The monoisotopic (exact) mass is 240 g/mol. The van der Waals surface area contributed by atoms with Crippen LogP contribution in [0.3, 0.4) is 0 Å². The number of nitrogens with two attached hydrogens (primary N) is 1. The number of amides is 1. The number of hydrogen-bond acceptors (Lipinski definition) is 3. The predicted molar refractivity (Wildman–Crippen MR) is 68.8 cm³/mol. The van der Waals surface area contributed by atoms with Gasteiger partial charge in [0.25, 0.3) is 0 Å². The maximum atomic E-state index is 11.8. The van der Waals surface area contributed by atoms with E-state index in [0.29, 0.717) is 6.54 Å². The van der Waals surface area contributed by atoms with Gasteiger partial charge in [0.05, 0.1) is 5.54 Å². The Bertz CT molecular complexity index is 301. The third-order valence-corrected chi connectivity index (χ3v) is 3.07. The van der Waals surface area contributed by atoms with Gasteiger partial charge in [-0.05, 0) is 53.0 Å². The summed E-state index contributed by atoms with van der Waals surface area (Å²) in [4.78, 5) is 11.8. The lowest BCUT2D eigenvalue weighted by Gasteiger charge is -2.44. The Kier molecular flexibility index (Phi) is 4.20. The minimum Gasteiger partial charge on any atom is -0.444 e. The SMILES string of the molecule is C=C(CCN)C1(NC(=O)OC(C)(C)C)CCC1. The summed E-state index contributed by atoms with van der Waals surface area (Å²) < 4.78 is 5.28. The summed E-state index contributed by atoms with van der Waals surface area (Å²) in [6, 6.07) is 0. The zero-order valence-corrected chi connectivity index (χ0v) is 11.1. The number of carbonyl (C=O) groups is 1. The number of nitrogens with one attached hydrogen (secondary N) is 1. The summed E-state index contributed by atoms with van der Waals surface area (Å²) in [7, 11) is 0. The third kappa shape index (κ3) is 3.73. The molecule has 1 aliphatic carbocycles. The van der Waals surface area contributed by atoms with Crippen molar-refractivity contribution in [3.05, 3.63) is 12.2 Å². The van der Waals surface area contributed by atoms with E-state index in [0.717, 1.165) is 31.3 Å². The maximum Gasteiger partial charge on any atom is 0.408 e. The fraction of sp³-hybridized carbons (Fsp3) is 0.769. The highest BCUT2D eigenvalue weighted by Crippen LogP contribution is 2.38. The van der Waals surface area contributed by atoms with Gasteiger partial charge in [0.1, 0.15) is 5.60 Å². The van der Waals surface area contributed by atoms with Crippen LogP contribution in [0.15, 0.2) is 12.2 Å². The Balaban J connectivity index is 2.58. The number of hydrogen-bond donors (Lipinski definition) is 2. The summed E-state index contributed by atoms with van der Waals surface area (Å²) in [5, 5.41) is 2.95. The molecule has 0 unspecified atom stereocenters. The molecule has 1 amide bonds. The van der Waals surface area contributed by atoms with Crippen LogP contribution < -0.4 is 11.1 Å². The molecule has 0 radical (unpaired) electrons. The molecule has 0 atom stereocenters. The first-order valence-corrected chi connectivity index (χ1v) is 6.18. The smallest absolute Gasteiger partial charge is 0.408 e. The topological polar surface area (TPSA) is 64.3 Å². The van der Waals surface area contributed by atoms with Crippen LogP contribution in [0.5, 0.6) is 0 Å². The van der Waals surface area contributed by atoms with Gasteiger partial charge >= 0.3 is 6.09 Å². The van der Waals surface area contributed by atoms with Gasteiger partial charge in [0.2, 0.25) is 0 Å². The molecular formula is C13H24N2O2. The van der Waals surface area contributed by atoms with Gasteiger partial charge in [-0.1, -0.05) is 12.2 Å². The minimum absolute atomic E-state index is 0.276. The van der Waals surface area contributed by atoms with Crippen molar-refractivity contribution in [3.8, 4) is 0 Å². The van der Waals surface area contributed by atoms with Crippen LogP contribution in [-0.2, 0) is 4.74 Å². The van der Waals surface area contributed by atoms with Crippen molar-refractivity contribution in [2.75, 3.05) is 6.54 Å². The number of ether oxygens (including phenoxy) is 1. The summed E-state index contributed by atoms with van der Waals surface area (Å²) in [6.07, 6.45) is 3.36. The van der Waals surface area contributed by atoms with E-state index in [-0.39, 0.29) is 11.6 Å². The van der Waals surface area contributed by atoms with Crippen LogP contribution in [0.1, 0.15) is 46.5 Å². The van der Waals surface area contributed by atoms with Gasteiger partial charge in [-0.3, -0.25) is 0 Å². The molecule has 1 fully saturated rings. The van der Waals surface area contributed by atoms with Gasteiger partial charge in [-0.25, -0.2) is 4.79 Å². The van der Waals surface area contributed by atoms with E-state index in [9.17, 15) is 4.79 Å². The molecule has 1 rings (SSSR count). The first-order chi connectivity index (χ1) is 7.79. The molecule has 4 nitrogen and oxygen atoms in total. The normalized spacial score (nSPS) is 18.1. The van der Waals surface area contributed by atoms with Crippen LogP contribution in [0.4, 0.5) is 4.79 Å². The van der Waals surface area contributed by atoms with Crippen LogP contribution in [0.2, 0.25) is 0 Å². The zero-order valence-electron chi connectivity index (χ0n) is 11.1. The first-order valence-electron chi connectivity index (χ1n) is 6.18. The van der Waals surface area contributed by atoms with E-state index in [1.165, 1.54) is 0 Å². The third-order valence-electron chi connectivity index (χ3n) is 3.07. The van der Waals surface area contributed by atoms with Crippen LogP contribution in [0, 0.1) is 0 Å². The van der Waals surface area contributed by atoms with E-state index < -0.39 is 5.60 Å². The Labute approximate surface area is 104 Å². The second-order valence-electron chi connectivity index (χ2n) is 5.70. The molecule has 0 spiro atoms. The van der Waals surface area contributed by atoms with E-state index in [4.69, 9.17) is 10.5 Å². The van der Waals surface area contributed by atoms with Gasteiger partial charge in [-0.15, -0.1) is 0 Å². The predicted octanol–water partition coefficient (Wildman–Crippen LogP) is 2.34. The van der Waals surface area contributed by atoms with Crippen molar-refractivity contribution in [3.63, 3.8) is 0 Å². The molecule has 0 aromatic heterocycles. The highest BCUT2D eigenvalue weighted by Gasteiger charge is 2.41. The number of rotatable bonds is 4. The van der Waals surface area contributed by atoms with E-state index in [1.807, 2.05) is 20.8 Å². The van der Waals surface area contributed by atoms with Crippen molar-refractivity contribution < 1.29 is 9.53 Å². The second-order valence-corrected chi connectivity index (χ2v) is 5.70. The lowest BCUT2D eigenvalue weighted by Crippen LogP contribution is -2.55. The fourth-order valence-corrected chi connectivity index (χ4v) is 2.01. The van der Waals surface area contributed by atoms with E-state index in [1.54, 1.807) is 0 Å². The number of alkyl carbamates (subject to hydrolysis) is 1. The van der Waals surface area contributed by atoms with Crippen molar-refractivity contribution in [2.24, 2.45) is 5.73 Å². The molecule has 1 saturated carbocycles. The Hall–Kier alpha value is -1.03. The highest BCUT2D eigenvalue weighted by molar-refractivity contribution is 5.70. The minimum atomic E-state index is -0.468. The van der Waals surface area contributed by atoms with Gasteiger partial charge < -0.3 is 15.8 Å². The van der Waals surface area contributed by atoms with Gasteiger partial charge in [0.15, 0.2) is 0 Å². The van der Waals surface area contributed by atoms with Gasteiger partial charge in [-0.2, -0.15) is 0 Å². The highest BCUT2D eigenvalue weighted by atomic mass is 16.6. The Morgan fingerprint density at radius 2 is 2.06 bits per heavy atom. The molecule has 17 heavy (non-hydrogen) atoms. The van der Waals surface area contributed by atoms with Crippen molar-refractivity contribution in [2.45, 2.75) is 57.6 Å². The lowest BCUT2D eigenvalue weighted by atomic mass is 9.71. The van der Waals surface area contributed by atoms with Crippen LogP contribution in [0.25, 0.3) is 0 Å². The Morgan fingerprint density at radius 1 is 1.47 bits per heavy atom. The largest absolute Gasteiger partial charge is 0.444 e. The van der Waals surface area contributed by atoms with Crippen molar-refractivity contribution >= 4 is 6.09 Å². The molecule has 98 valence electrons. The molecule has 3 N–H and O–H groups in total. The number of carbonyl (C=O) groups excluding carboxylic acids is 1.